The van der Waals surface area contributed by atoms with Crippen molar-refractivity contribution in [2.75, 3.05) is 18.0 Å². The number of hydrogen-bond acceptors (Lipinski definition) is 3. The molecule has 1 atom stereocenters. The quantitative estimate of drug-likeness (QED) is 0.866. The van der Waals surface area contributed by atoms with Crippen LogP contribution in [0.25, 0.3) is 0 Å². The summed E-state index contributed by atoms with van der Waals surface area (Å²) in [4.78, 5) is 2.20. The molecule has 2 aromatic rings. The fourth-order valence-corrected chi connectivity index (χ4v) is 2.65. The molecule has 0 radical (unpaired) electrons. The molecule has 0 aliphatic rings. The first-order valence-electron chi connectivity index (χ1n) is 6.90. The Morgan fingerprint density at radius 3 is 2.33 bits per heavy atom. The van der Waals surface area contributed by atoms with Crippen LogP contribution in [-0.2, 0) is 0 Å². The van der Waals surface area contributed by atoms with Crippen LogP contribution in [0.3, 0.4) is 0 Å². The number of nitrogens with zero attached hydrogens (tertiary/aromatic N) is 2. The Bertz CT molecular complexity index is 590. The van der Waals surface area contributed by atoms with Crippen LogP contribution < -0.4 is 10.6 Å². The number of hydrogen-bond donors (Lipinski definition) is 1. The van der Waals surface area contributed by atoms with E-state index in [-0.39, 0.29) is 6.04 Å². The standard InChI is InChI=1S/C17H18BrN3/c18-15-9-7-14(8-10-15)17(13-20)21(12-4-11-19)16-5-2-1-3-6-16/h1-3,5-10,17H,4,12-13,20H2. The van der Waals surface area contributed by atoms with Crippen LogP contribution in [0.2, 0.25) is 0 Å². The molecule has 4 heteroatoms. The van der Waals surface area contributed by atoms with Gasteiger partial charge in [0.25, 0.3) is 0 Å². The number of nitriles is 1. The van der Waals surface area contributed by atoms with E-state index in [1.807, 2.05) is 30.3 Å². The fraction of sp³-hybridized carbons (Fsp3) is 0.235. The Kier molecular flexibility index (Phi) is 5.79. The Hall–Kier alpha value is -1.83. The normalized spacial score (nSPS) is 11.7. The summed E-state index contributed by atoms with van der Waals surface area (Å²) in [5.74, 6) is 0. The Balaban J connectivity index is 2.33. The lowest BCUT2D eigenvalue weighted by atomic mass is 10.0. The Labute approximate surface area is 134 Å². The summed E-state index contributed by atoms with van der Waals surface area (Å²) in [6.45, 7) is 1.17. The SMILES string of the molecule is N#CCCN(c1ccccc1)C(CN)c1ccc(Br)cc1. The molecular weight excluding hydrogens is 326 g/mol. The highest BCUT2D eigenvalue weighted by Crippen LogP contribution is 2.27. The maximum Gasteiger partial charge on any atom is 0.0665 e. The molecule has 0 spiro atoms. The number of rotatable bonds is 6. The average Bonchev–Trinajstić information content (AvgIpc) is 2.53. The van der Waals surface area contributed by atoms with Crippen molar-refractivity contribution in [1.29, 1.82) is 5.26 Å². The van der Waals surface area contributed by atoms with Crippen molar-refractivity contribution in [2.24, 2.45) is 5.73 Å². The number of nitrogens with two attached hydrogens (primary N) is 1. The number of para-hydroxylation sites is 1. The zero-order valence-electron chi connectivity index (χ0n) is 11.7. The molecule has 0 aliphatic carbocycles. The van der Waals surface area contributed by atoms with Crippen molar-refractivity contribution in [3.05, 3.63) is 64.6 Å². The predicted molar refractivity (Wildman–Crippen MR) is 90.0 cm³/mol. The fourth-order valence-electron chi connectivity index (χ4n) is 2.38. The van der Waals surface area contributed by atoms with Crippen molar-refractivity contribution in [3.63, 3.8) is 0 Å². The molecule has 0 amide bonds. The molecule has 3 nitrogen and oxygen atoms in total. The van der Waals surface area contributed by atoms with Gasteiger partial charge in [-0.1, -0.05) is 46.3 Å². The number of benzene rings is 2. The van der Waals surface area contributed by atoms with E-state index >= 15 is 0 Å². The van der Waals surface area contributed by atoms with E-state index in [4.69, 9.17) is 11.0 Å². The van der Waals surface area contributed by atoms with E-state index in [0.29, 0.717) is 19.5 Å². The summed E-state index contributed by atoms with van der Waals surface area (Å²) in [5.41, 5.74) is 8.26. The van der Waals surface area contributed by atoms with Gasteiger partial charge in [-0.3, -0.25) is 0 Å². The van der Waals surface area contributed by atoms with Gasteiger partial charge in [-0.15, -0.1) is 0 Å². The van der Waals surface area contributed by atoms with E-state index in [1.54, 1.807) is 0 Å². The second-order valence-corrected chi connectivity index (χ2v) is 5.66. The van der Waals surface area contributed by atoms with Crippen LogP contribution in [0.15, 0.2) is 59.1 Å². The highest BCUT2D eigenvalue weighted by molar-refractivity contribution is 9.10. The third-order valence-corrected chi connectivity index (χ3v) is 3.94. The first-order valence-corrected chi connectivity index (χ1v) is 7.69. The van der Waals surface area contributed by atoms with Crippen molar-refractivity contribution in [1.82, 2.24) is 0 Å². The van der Waals surface area contributed by atoms with E-state index < -0.39 is 0 Å². The molecule has 108 valence electrons. The predicted octanol–water partition coefficient (Wildman–Crippen LogP) is 3.87. The van der Waals surface area contributed by atoms with Crippen LogP contribution in [0.5, 0.6) is 0 Å². The molecule has 0 saturated heterocycles. The van der Waals surface area contributed by atoms with E-state index in [0.717, 1.165) is 15.7 Å². The molecule has 2 N–H and O–H groups in total. The van der Waals surface area contributed by atoms with Crippen LogP contribution in [0.1, 0.15) is 18.0 Å². The van der Waals surface area contributed by atoms with Gasteiger partial charge in [-0.05, 0) is 29.8 Å². The average molecular weight is 344 g/mol. The summed E-state index contributed by atoms with van der Waals surface area (Å²) in [5, 5.41) is 8.91. The second-order valence-electron chi connectivity index (χ2n) is 4.74. The molecule has 0 heterocycles. The summed E-state index contributed by atoms with van der Waals surface area (Å²) in [7, 11) is 0. The van der Waals surface area contributed by atoms with E-state index in [1.165, 1.54) is 0 Å². The molecule has 0 saturated carbocycles. The molecule has 1 unspecified atom stereocenters. The van der Waals surface area contributed by atoms with Crippen LogP contribution in [0, 0.1) is 11.3 Å². The lowest BCUT2D eigenvalue weighted by Crippen LogP contribution is -2.34. The molecule has 2 rings (SSSR count). The molecule has 0 fully saturated rings. The minimum absolute atomic E-state index is 0.0637. The van der Waals surface area contributed by atoms with Gasteiger partial charge in [0.1, 0.15) is 0 Å². The highest BCUT2D eigenvalue weighted by Gasteiger charge is 2.19. The van der Waals surface area contributed by atoms with Gasteiger partial charge >= 0.3 is 0 Å². The van der Waals surface area contributed by atoms with Gasteiger partial charge in [0.2, 0.25) is 0 Å². The van der Waals surface area contributed by atoms with Crippen molar-refractivity contribution in [2.45, 2.75) is 12.5 Å². The Morgan fingerprint density at radius 2 is 1.76 bits per heavy atom. The van der Waals surface area contributed by atoms with Gasteiger partial charge in [-0.2, -0.15) is 5.26 Å². The first kappa shape index (κ1) is 15.6. The van der Waals surface area contributed by atoms with Gasteiger partial charge < -0.3 is 10.6 Å². The lowest BCUT2D eigenvalue weighted by molar-refractivity contribution is 0.631. The maximum absolute atomic E-state index is 8.91. The summed E-state index contributed by atoms with van der Waals surface area (Å²) < 4.78 is 1.05. The van der Waals surface area contributed by atoms with Gasteiger partial charge in [0.15, 0.2) is 0 Å². The number of halogens is 1. The number of anilines is 1. The topological polar surface area (TPSA) is 53.0 Å². The third-order valence-electron chi connectivity index (χ3n) is 3.41. The van der Waals surface area contributed by atoms with E-state index in [2.05, 4.69) is 51.2 Å². The first-order chi connectivity index (χ1) is 10.3. The van der Waals surface area contributed by atoms with E-state index in [9.17, 15) is 0 Å². The Morgan fingerprint density at radius 1 is 1.10 bits per heavy atom. The molecule has 21 heavy (non-hydrogen) atoms. The largest absolute Gasteiger partial charge is 0.362 e. The van der Waals surface area contributed by atoms with Gasteiger partial charge in [-0.25, -0.2) is 0 Å². The van der Waals surface area contributed by atoms with Crippen LogP contribution in [0.4, 0.5) is 5.69 Å². The van der Waals surface area contributed by atoms with Crippen LogP contribution in [-0.4, -0.2) is 13.1 Å². The smallest absolute Gasteiger partial charge is 0.0665 e. The third kappa shape index (κ3) is 4.07. The monoisotopic (exact) mass is 343 g/mol. The molecular formula is C17H18BrN3. The zero-order chi connectivity index (χ0) is 15.1. The zero-order valence-corrected chi connectivity index (χ0v) is 13.3. The molecule has 2 aromatic carbocycles. The summed E-state index contributed by atoms with van der Waals surface area (Å²) in [6.07, 6.45) is 0.474. The van der Waals surface area contributed by atoms with Gasteiger partial charge in [0.05, 0.1) is 18.5 Å². The van der Waals surface area contributed by atoms with Crippen molar-refractivity contribution >= 4 is 21.6 Å². The molecule has 0 bridgehead atoms. The minimum atomic E-state index is 0.0637. The lowest BCUT2D eigenvalue weighted by Gasteiger charge is -2.33. The van der Waals surface area contributed by atoms with Crippen molar-refractivity contribution < 1.29 is 0 Å². The molecule has 0 aromatic heterocycles. The highest BCUT2D eigenvalue weighted by atomic mass is 79.9. The second kappa shape index (κ2) is 7.82. The molecule has 0 aliphatic heterocycles. The summed E-state index contributed by atoms with van der Waals surface area (Å²) in [6, 6.07) is 20.6. The van der Waals surface area contributed by atoms with Crippen molar-refractivity contribution in [3.8, 4) is 6.07 Å². The van der Waals surface area contributed by atoms with Crippen LogP contribution >= 0.6 is 15.9 Å². The minimum Gasteiger partial charge on any atom is -0.362 e. The maximum atomic E-state index is 8.91. The van der Waals surface area contributed by atoms with Gasteiger partial charge in [0, 0.05) is 23.2 Å². The summed E-state index contributed by atoms with van der Waals surface area (Å²) >= 11 is 3.45.